The molecule has 3 atom stereocenters. The number of nitrogens with zero attached hydrogens (tertiary/aromatic N) is 3. The second-order valence-electron chi connectivity index (χ2n) is 4.47. The standard InChI is InChI=1S/C11H11FN4O4/c12-5-4(1-17)8(18)9(19)7(5)16-3-15-6-10(16)13-2-14-11(6)20/h2-3,7-9,17-19H,1H2,(H,13,14,20)/t7-,8-,9+/m1/s1. The summed E-state index contributed by atoms with van der Waals surface area (Å²) in [6.45, 7) is -0.707. The van der Waals surface area contributed by atoms with Gasteiger partial charge in [0.05, 0.1) is 19.3 Å². The molecule has 0 unspecified atom stereocenters. The van der Waals surface area contributed by atoms with Crippen molar-refractivity contribution in [2.75, 3.05) is 6.61 Å². The van der Waals surface area contributed by atoms with E-state index in [-0.39, 0.29) is 16.7 Å². The summed E-state index contributed by atoms with van der Waals surface area (Å²) in [7, 11) is 0. The van der Waals surface area contributed by atoms with Crippen molar-refractivity contribution in [2.24, 2.45) is 0 Å². The number of rotatable bonds is 2. The lowest BCUT2D eigenvalue weighted by atomic mass is 10.1. The van der Waals surface area contributed by atoms with Crippen molar-refractivity contribution in [3.63, 3.8) is 0 Å². The number of aromatic amines is 1. The Bertz CT molecular complexity index is 752. The summed E-state index contributed by atoms with van der Waals surface area (Å²) >= 11 is 0. The fourth-order valence-corrected chi connectivity index (χ4v) is 2.38. The zero-order valence-electron chi connectivity index (χ0n) is 10.1. The Balaban J connectivity index is 2.19. The molecule has 0 amide bonds. The molecular weight excluding hydrogens is 271 g/mol. The van der Waals surface area contributed by atoms with E-state index >= 15 is 0 Å². The van der Waals surface area contributed by atoms with Gasteiger partial charge in [0.2, 0.25) is 0 Å². The van der Waals surface area contributed by atoms with Crippen molar-refractivity contribution in [1.82, 2.24) is 19.5 Å². The Labute approximate surface area is 110 Å². The highest BCUT2D eigenvalue weighted by Gasteiger charge is 2.43. The number of H-pyrrole nitrogens is 1. The molecule has 0 aromatic carbocycles. The average Bonchev–Trinajstić information content (AvgIpc) is 2.92. The number of imidazole rings is 1. The molecule has 1 aliphatic carbocycles. The number of fused-ring (bicyclic) bond motifs is 1. The monoisotopic (exact) mass is 282 g/mol. The minimum absolute atomic E-state index is 0.000520. The van der Waals surface area contributed by atoms with Gasteiger partial charge < -0.3 is 24.9 Å². The maximum Gasteiger partial charge on any atom is 0.278 e. The summed E-state index contributed by atoms with van der Waals surface area (Å²) in [5.41, 5.74) is -0.693. The summed E-state index contributed by atoms with van der Waals surface area (Å²) in [5, 5.41) is 28.7. The van der Waals surface area contributed by atoms with E-state index in [0.717, 1.165) is 17.2 Å². The second kappa shape index (κ2) is 4.47. The van der Waals surface area contributed by atoms with Crippen molar-refractivity contribution < 1.29 is 19.7 Å². The van der Waals surface area contributed by atoms with Crippen molar-refractivity contribution in [3.8, 4) is 0 Å². The lowest BCUT2D eigenvalue weighted by Crippen LogP contribution is -2.30. The minimum Gasteiger partial charge on any atom is -0.392 e. The second-order valence-corrected chi connectivity index (χ2v) is 4.47. The lowest BCUT2D eigenvalue weighted by Gasteiger charge is -2.18. The van der Waals surface area contributed by atoms with Gasteiger partial charge in [-0.25, -0.2) is 14.4 Å². The first-order chi connectivity index (χ1) is 9.56. The van der Waals surface area contributed by atoms with Crippen molar-refractivity contribution >= 4 is 11.2 Å². The largest absolute Gasteiger partial charge is 0.392 e. The van der Waals surface area contributed by atoms with Gasteiger partial charge in [-0.1, -0.05) is 0 Å². The maximum absolute atomic E-state index is 14.2. The molecule has 1 aliphatic rings. The van der Waals surface area contributed by atoms with Gasteiger partial charge in [0, 0.05) is 5.57 Å². The van der Waals surface area contributed by atoms with Gasteiger partial charge in [0.1, 0.15) is 24.1 Å². The Hall–Kier alpha value is -2.10. The van der Waals surface area contributed by atoms with Crippen LogP contribution >= 0.6 is 0 Å². The topological polar surface area (TPSA) is 124 Å². The third-order valence-corrected chi connectivity index (χ3v) is 3.41. The fraction of sp³-hybridized carbons (Fsp3) is 0.364. The van der Waals surface area contributed by atoms with E-state index < -0.39 is 36.2 Å². The van der Waals surface area contributed by atoms with Gasteiger partial charge in [0.25, 0.3) is 5.56 Å². The van der Waals surface area contributed by atoms with Crippen LogP contribution in [0, 0.1) is 0 Å². The van der Waals surface area contributed by atoms with Crippen molar-refractivity contribution in [1.29, 1.82) is 0 Å². The first kappa shape index (κ1) is 12.9. The van der Waals surface area contributed by atoms with E-state index in [4.69, 9.17) is 5.11 Å². The van der Waals surface area contributed by atoms with Crippen molar-refractivity contribution in [3.05, 3.63) is 34.4 Å². The van der Waals surface area contributed by atoms with Gasteiger partial charge in [-0.15, -0.1) is 0 Å². The first-order valence-corrected chi connectivity index (χ1v) is 5.82. The fourth-order valence-electron chi connectivity index (χ4n) is 2.38. The van der Waals surface area contributed by atoms with E-state index in [2.05, 4.69) is 15.0 Å². The quantitative estimate of drug-likeness (QED) is 0.537. The number of hydrogen-bond donors (Lipinski definition) is 4. The number of nitrogens with one attached hydrogen (secondary N) is 1. The molecule has 0 spiro atoms. The van der Waals surface area contributed by atoms with E-state index in [1.165, 1.54) is 0 Å². The highest BCUT2D eigenvalue weighted by Crippen LogP contribution is 2.38. The number of aliphatic hydroxyl groups excluding tert-OH is 3. The van der Waals surface area contributed by atoms with Crippen LogP contribution in [0.1, 0.15) is 6.04 Å². The average molecular weight is 282 g/mol. The zero-order valence-corrected chi connectivity index (χ0v) is 10.1. The summed E-state index contributed by atoms with van der Waals surface area (Å²) in [6.07, 6.45) is -0.706. The van der Waals surface area contributed by atoms with Crippen LogP contribution in [0.5, 0.6) is 0 Å². The van der Waals surface area contributed by atoms with Gasteiger partial charge in [0.15, 0.2) is 11.2 Å². The third kappa shape index (κ3) is 1.60. The smallest absolute Gasteiger partial charge is 0.278 e. The molecule has 2 heterocycles. The molecule has 0 saturated carbocycles. The molecule has 0 aliphatic heterocycles. The molecule has 0 radical (unpaired) electrons. The Morgan fingerprint density at radius 3 is 2.80 bits per heavy atom. The van der Waals surface area contributed by atoms with Gasteiger partial charge in [-0.05, 0) is 0 Å². The molecule has 2 aromatic heterocycles. The first-order valence-electron chi connectivity index (χ1n) is 5.82. The molecular formula is C11H11FN4O4. The third-order valence-electron chi connectivity index (χ3n) is 3.41. The summed E-state index contributed by atoms with van der Waals surface area (Å²) in [4.78, 5) is 21.6. The molecule has 8 nitrogen and oxygen atoms in total. The van der Waals surface area contributed by atoms with Crippen LogP contribution in [0.2, 0.25) is 0 Å². The molecule has 0 saturated heterocycles. The Morgan fingerprint density at radius 1 is 1.40 bits per heavy atom. The van der Waals surface area contributed by atoms with Crippen LogP contribution in [0.25, 0.3) is 11.2 Å². The molecule has 106 valence electrons. The van der Waals surface area contributed by atoms with Crippen LogP contribution in [0.15, 0.2) is 28.8 Å². The molecule has 2 aromatic rings. The van der Waals surface area contributed by atoms with Crippen LogP contribution in [-0.4, -0.2) is 53.7 Å². The SMILES string of the molecule is O=c1[nH]cnc2c1ncn2[C@@H]1C(F)=C(CO)[C@@H](O)[C@H]1O. The summed E-state index contributed by atoms with van der Waals surface area (Å²) < 4.78 is 15.3. The Morgan fingerprint density at radius 2 is 2.15 bits per heavy atom. The summed E-state index contributed by atoms with van der Waals surface area (Å²) in [6, 6.07) is -1.27. The highest BCUT2D eigenvalue weighted by molar-refractivity contribution is 5.69. The normalized spacial score (nSPS) is 26.7. The van der Waals surface area contributed by atoms with E-state index in [1.54, 1.807) is 0 Å². The molecule has 4 N–H and O–H groups in total. The van der Waals surface area contributed by atoms with Crippen LogP contribution in [-0.2, 0) is 0 Å². The lowest BCUT2D eigenvalue weighted by molar-refractivity contribution is 0.0262. The van der Waals surface area contributed by atoms with E-state index in [0.29, 0.717) is 0 Å². The maximum atomic E-state index is 14.2. The number of hydrogen-bond acceptors (Lipinski definition) is 6. The molecule has 3 rings (SSSR count). The molecule has 9 heteroatoms. The van der Waals surface area contributed by atoms with Crippen LogP contribution in [0.4, 0.5) is 4.39 Å². The van der Waals surface area contributed by atoms with E-state index in [9.17, 15) is 19.4 Å². The van der Waals surface area contributed by atoms with E-state index in [1.807, 2.05) is 0 Å². The Kier molecular flexibility index (Phi) is 2.89. The van der Waals surface area contributed by atoms with Crippen LogP contribution in [0.3, 0.4) is 0 Å². The minimum atomic E-state index is -1.51. The number of aliphatic hydroxyl groups is 3. The molecule has 0 bridgehead atoms. The number of aromatic nitrogens is 4. The van der Waals surface area contributed by atoms with Gasteiger partial charge in [-0.3, -0.25) is 4.79 Å². The molecule has 20 heavy (non-hydrogen) atoms. The van der Waals surface area contributed by atoms with Gasteiger partial charge >= 0.3 is 0 Å². The predicted molar refractivity (Wildman–Crippen MR) is 64.4 cm³/mol. The van der Waals surface area contributed by atoms with Crippen LogP contribution < -0.4 is 5.56 Å². The zero-order chi connectivity index (χ0) is 14.4. The number of halogens is 1. The van der Waals surface area contributed by atoms with Crippen molar-refractivity contribution in [2.45, 2.75) is 18.2 Å². The summed E-state index contributed by atoms with van der Waals surface area (Å²) in [5.74, 6) is -0.853. The van der Waals surface area contributed by atoms with Gasteiger partial charge in [-0.2, -0.15) is 0 Å². The highest BCUT2D eigenvalue weighted by atomic mass is 19.1. The predicted octanol–water partition coefficient (Wildman–Crippen LogP) is -1.39. The molecule has 0 fully saturated rings.